The summed E-state index contributed by atoms with van der Waals surface area (Å²) in [6.07, 6.45) is 8.44. The number of hydrogen-bond acceptors (Lipinski definition) is 6. The molecule has 1 saturated heterocycles. The third kappa shape index (κ3) is 4.25. The summed E-state index contributed by atoms with van der Waals surface area (Å²) in [6, 6.07) is 12.4. The lowest BCUT2D eigenvalue weighted by atomic mass is 9.49. The molecule has 0 radical (unpaired) electrons. The molecule has 1 aliphatic heterocycles. The average molecular weight is 540 g/mol. The Labute approximate surface area is 225 Å². The molecule has 1 amide bonds. The van der Waals surface area contributed by atoms with Crippen LogP contribution in [0.3, 0.4) is 0 Å². The lowest BCUT2D eigenvalue weighted by molar-refractivity contribution is -0.161. The Morgan fingerprint density at radius 2 is 1.78 bits per heavy atom. The van der Waals surface area contributed by atoms with Crippen LogP contribution in [0.5, 0.6) is 11.5 Å². The van der Waals surface area contributed by atoms with Gasteiger partial charge in [0.15, 0.2) is 15.8 Å². The summed E-state index contributed by atoms with van der Waals surface area (Å²) >= 11 is 12.8. The van der Waals surface area contributed by atoms with E-state index >= 15 is 0 Å². The number of thioether (sulfide) groups is 1. The van der Waals surface area contributed by atoms with E-state index < -0.39 is 0 Å². The molecular weight excluding hydrogens is 514 g/mol. The smallest absolute Gasteiger partial charge is 0.317 e. The summed E-state index contributed by atoms with van der Waals surface area (Å²) < 4.78 is 12.0. The molecular formula is C28H26ClNO4S2. The molecule has 5 nitrogen and oxygen atoms in total. The fourth-order valence-electron chi connectivity index (χ4n) is 6.88. The minimum atomic E-state index is -0.340. The normalized spacial score (nSPS) is 29.8. The van der Waals surface area contributed by atoms with E-state index in [1.807, 2.05) is 6.07 Å². The van der Waals surface area contributed by atoms with Gasteiger partial charge in [-0.15, -0.1) is 0 Å². The maximum absolute atomic E-state index is 13.4. The zero-order chi connectivity index (χ0) is 25.0. The van der Waals surface area contributed by atoms with Gasteiger partial charge in [-0.2, -0.15) is 0 Å². The fraction of sp³-hybridized carbons (Fsp3) is 0.393. The highest BCUT2D eigenvalue weighted by atomic mass is 35.5. The number of anilines is 1. The summed E-state index contributed by atoms with van der Waals surface area (Å²) in [5, 5.41) is 0.536. The SMILES string of the molecule is COc1cc(/C=C2\SC(=S)N(c3cccc(Cl)c3)C2=O)ccc1OC(=O)C12CC3CC(CC(C3)C1)C2. The first kappa shape index (κ1) is 24.0. The van der Waals surface area contributed by atoms with Crippen molar-refractivity contribution in [1.82, 2.24) is 0 Å². The number of ether oxygens (including phenoxy) is 2. The number of benzene rings is 2. The molecule has 0 atom stereocenters. The second kappa shape index (κ2) is 9.19. The number of halogens is 1. The van der Waals surface area contributed by atoms with Crippen LogP contribution >= 0.6 is 35.6 Å². The van der Waals surface area contributed by atoms with Crippen LogP contribution < -0.4 is 14.4 Å². The molecule has 2 aromatic carbocycles. The zero-order valence-electron chi connectivity index (χ0n) is 19.9. The highest BCUT2D eigenvalue weighted by Gasteiger charge is 2.55. The van der Waals surface area contributed by atoms with Gasteiger partial charge in [0.05, 0.1) is 23.1 Å². The molecule has 7 rings (SSSR count). The number of rotatable bonds is 5. The van der Waals surface area contributed by atoms with Crippen LogP contribution in [0, 0.1) is 23.2 Å². The number of esters is 1. The molecule has 8 heteroatoms. The Hall–Kier alpha value is -2.35. The highest BCUT2D eigenvalue weighted by molar-refractivity contribution is 8.27. The summed E-state index contributed by atoms with van der Waals surface area (Å²) in [4.78, 5) is 28.5. The first-order valence-corrected chi connectivity index (χ1v) is 13.9. The monoisotopic (exact) mass is 539 g/mol. The van der Waals surface area contributed by atoms with Crippen molar-refractivity contribution >= 4 is 63.5 Å². The lowest BCUT2D eigenvalue weighted by Crippen LogP contribution is -2.51. The Kier molecular flexibility index (Phi) is 6.13. The number of carbonyl (C=O) groups excluding carboxylic acids is 2. The molecule has 186 valence electrons. The van der Waals surface area contributed by atoms with Crippen molar-refractivity contribution in [2.75, 3.05) is 12.0 Å². The van der Waals surface area contributed by atoms with Crippen LogP contribution in [0.25, 0.3) is 6.08 Å². The third-order valence-electron chi connectivity index (χ3n) is 8.02. The molecule has 2 aromatic rings. The maximum atomic E-state index is 13.4. The van der Waals surface area contributed by atoms with Crippen molar-refractivity contribution in [3.05, 3.63) is 58.0 Å². The first-order chi connectivity index (χ1) is 17.3. The van der Waals surface area contributed by atoms with Gasteiger partial charge in [0.2, 0.25) is 0 Å². The van der Waals surface area contributed by atoms with Crippen molar-refractivity contribution in [2.45, 2.75) is 38.5 Å². The zero-order valence-corrected chi connectivity index (χ0v) is 22.3. The predicted octanol–water partition coefficient (Wildman–Crippen LogP) is 6.88. The van der Waals surface area contributed by atoms with Gasteiger partial charge >= 0.3 is 5.97 Å². The van der Waals surface area contributed by atoms with Crippen LogP contribution in [0.1, 0.15) is 44.1 Å². The largest absolute Gasteiger partial charge is 0.493 e. The van der Waals surface area contributed by atoms with E-state index in [0.717, 1.165) is 24.8 Å². The van der Waals surface area contributed by atoms with E-state index in [0.29, 0.717) is 49.2 Å². The fourth-order valence-corrected chi connectivity index (χ4v) is 8.37. The van der Waals surface area contributed by atoms with Gasteiger partial charge in [-0.05, 0) is 98.2 Å². The summed E-state index contributed by atoms with van der Waals surface area (Å²) in [5.74, 6) is 2.56. The maximum Gasteiger partial charge on any atom is 0.317 e. The van der Waals surface area contributed by atoms with E-state index in [4.69, 9.17) is 33.3 Å². The Morgan fingerprint density at radius 1 is 1.08 bits per heavy atom. The van der Waals surface area contributed by atoms with Crippen LogP contribution in [-0.2, 0) is 9.59 Å². The van der Waals surface area contributed by atoms with E-state index in [9.17, 15) is 9.59 Å². The van der Waals surface area contributed by atoms with E-state index in [1.54, 1.807) is 49.6 Å². The average Bonchev–Trinajstić information content (AvgIpc) is 3.11. The quantitative estimate of drug-likeness (QED) is 0.179. The first-order valence-electron chi connectivity index (χ1n) is 12.3. The number of methoxy groups -OCH3 is 1. The molecule has 5 fully saturated rings. The van der Waals surface area contributed by atoms with Gasteiger partial charge in [-0.3, -0.25) is 14.5 Å². The minimum absolute atomic E-state index is 0.116. The molecule has 4 saturated carbocycles. The summed E-state index contributed by atoms with van der Waals surface area (Å²) in [7, 11) is 1.56. The Bertz CT molecular complexity index is 1270. The van der Waals surface area contributed by atoms with Gasteiger partial charge in [0, 0.05) is 5.02 Å². The molecule has 0 unspecified atom stereocenters. The summed E-state index contributed by atoms with van der Waals surface area (Å²) in [6.45, 7) is 0. The van der Waals surface area contributed by atoms with Crippen LogP contribution in [0.2, 0.25) is 5.02 Å². The number of nitrogens with zero attached hydrogens (tertiary/aromatic N) is 1. The van der Waals surface area contributed by atoms with Gasteiger partial charge in [0.25, 0.3) is 5.91 Å². The predicted molar refractivity (Wildman–Crippen MR) is 146 cm³/mol. The molecule has 0 aromatic heterocycles. The van der Waals surface area contributed by atoms with Crippen molar-refractivity contribution in [1.29, 1.82) is 0 Å². The van der Waals surface area contributed by atoms with Gasteiger partial charge in [0.1, 0.15) is 0 Å². The van der Waals surface area contributed by atoms with E-state index in [2.05, 4.69) is 0 Å². The molecule has 0 N–H and O–H groups in total. The number of hydrogen-bond donors (Lipinski definition) is 0. The van der Waals surface area contributed by atoms with Crippen LogP contribution in [0.15, 0.2) is 47.4 Å². The topological polar surface area (TPSA) is 55.8 Å². The molecule has 4 bridgehead atoms. The lowest BCUT2D eigenvalue weighted by Gasteiger charge is -2.55. The van der Waals surface area contributed by atoms with Gasteiger partial charge in [-0.25, -0.2) is 0 Å². The third-order valence-corrected chi connectivity index (χ3v) is 9.56. The van der Waals surface area contributed by atoms with Crippen molar-refractivity contribution in [3.63, 3.8) is 0 Å². The number of carbonyl (C=O) groups is 2. The number of thiocarbonyl (C=S) groups is 1. The van der Waals surface area contributed by atoms with Crippen molar-refractivity contribution in [2.24, 2.45) is 23.2 Å². The standard InChI is InChI=1S/C28H26ClNO4S2/c1-33-23-10-16(11-24-25(31)30(27(35)36-24)21-4-2-3-20(29)12-21)5-6-22(23)34-26(32)28-13-17-7-18(14-28)9-19(8-17)15-28/h2-6,10-12,17-19H,7-9,13-15H2,1H3/b24-11-. The summed E-state index contributed by atoms with van der Waals surface area (Å²) in [5.41, 5.74) is 1.05. The van der Waals surface area contributed by atoms with Crippen molar-refractivity contribution < 1.29 is 19.1 Å². The molecule has 0 spiro atoms. The number of amides is 1. The Balaban J connectivity index is 1.21. The van der Waals surface area contributed by atoms with Gasteiger partial charge < -0.3 is 9.47 Å². The molecule has 36 heavy (non-hydrogen) atoms. The van der Waals surface area contributed by atoms with E-state index in [-0.39, 0.29) is 17.3 Å². The second-order valence-corrected chi connectivity index (χ2v) is 12.6. The van der Waals surface area contributed by atoms with Gasteiger partial charge in [-0.1, -0.05) is 47.7 Å². The van der Waals surface area contributed by atoms with Crippen LogP contribution in [-0.4, -0.2) is 23.3 Å². The highest BCUT2D eigenvalue weighted by Crippen LogP contribution is 2.60. The van der Waals surface area contributed by atoms with Crippen LogP contribution in [0.4, 0.5) is 5.69 Å². The molecule has 1 heterocycles. The minimum Gasteiger partial charge on any atom is -0.493 e. The van der Waals surface area contributed by atoms with Crippen molar-refractivity contribution in [3.8, 4) is 11.5 Å². The second-order valence-electron chi connectivity index (χ2n) is 10.5. The molecule has 4 aliphatic carbocycles. The van der Waals surface area contributed by atoms with E-state index in [1.165, 1.54) is 35.9 Å². The Morgan fingerprint density at radius 3 is 2.42 bits per heavy atom. The molecule has 5 aliphatic rings.